The lowest BCUT2D eigenvalue weighted by atomic mass is 10.3. The molecule has 0 aromatic heterocycles. The lowest BCUT2D eigenvalue weighted by Crippen LogP contribution is -2.41. The highest BCUT2D eigenvalue weighted by molar-refractivity contribution is 7.92. The summed E-state index contributed by atoms with van der Waals surface area (Å²) >= 11 is 12.0. The Morgan fingerprint density at radius 3 is 2.26 bits per heavy atom. The van der Waals surface area contributed by atoms with Gasteiger partial charge in [-0.05, 0) is 48.5 Å². The smallest absolute Gasteiger partial charge is 0.264 e. The molecule has 0 saturated heterocycles. The number of benzene rings is 3. The largest absolute Gasteiger partial charge is 0.493 e. The van der Waals surface area contributed by atoms with Gasteiger partial charge in [0.1, 0.15) is 18.9 Å². The first kappa shape index (κ1) is 26.5. The van der Waals surface area contributed by atoms with Crippen molar-refractivity contribution >= 4 is 44.8 Å². The Kier molecular flexibility index (Phi) is 9.08. The number of carbonyl (C=O) groups is 1. The minimum Gasteiger partial charge on any atom is -0.493 e. The van der Waals surface area contributed by atoms with Crippen LogP contribution in [0.3, 0.4) is 0 Å². The number of amides is 1. The Morgan fingerprint density at radius 1 is 0.914 bits per heavy atom. The molecule has 0 aliphatic carbocycles. The van der Waals surface area contributed by atoms with E-state index in [2.05, 4.69) is 5.32 Å². The van der Waals surface area contributed by atoms with Crippen LogP contribution >= 0.6 is 23.2 Å². The van der Waals surface area contributed by atoms with E-state index in [4.69, 9.17) is 37.4 Å². The van der Waals surface area contributed by atoms with Gasteiger partial charge in [0.25, 0.3) is 10.0 Å². The zero-order chi connectivity index (χ0) is 25.4. The van der Waals surface area contributed by atoms with E-state index in [1.54, 1.807) is 36.4 Å². The van der Waals surface area contributed by atoms with Crippen LogP contribution < -0.4 is 23.8 Å². The molecular weight excluding hydrogens is 515 g/mol. The van der Waals surface area contributed by atoms with Gasteiger partial charge in [0.15, 0.2) is 11.5 Å². The third-order valence-electron chi connectivity index (χ3n) is 4.86. The van der Waals surface area contributed by atoms with Crippen molar-refractivity contribution in [3.8, 4) is 17.2 Å². The summed E-state index contributed by atoms with van der Waals surface area (Å²) < 4.78 is 44.1. The third-order valence-corrected chi connectivity index (χ3v) is 7.20. The van der Waals surface area contributed by atoms with Gasteiger partial charge >= 0.3 is 0 Å². The van der Waals surface area contributed by atoms with E-state index in [-0.39, 0.29) is 29.5 Å². The van der Waals surface area contributed by atoms with Crippen molar-refractivity contribution in [1.82, 2.24) is 5.32 Å². The van der Waals surface area contributed by atoms with Gasteiger partial charge in [0, 0.05) is 11.1 Å². The molecular formula is C24H24Cl2N2O6S. The van der Waals surface area contributed by atoms with Crippen LogP contribution in [0.2, 0.25) is 10.0 Å². The number of methoxy groups -OCH3 is 2. The number of anilines is 1. The van der Waals surface area contributed by atoms with Crippen LogP contribution in [0.4, 0.5) is 5.69 Å². The maximum atomic E-state index is 13.6. The number of halogens is 2. The van der Waals surface area contributed by atoms with Crippen LogP contribution in [0.1, 0.15) is 0 Å². The van der Waals surface area contributed by atoms with Crippen LogP contribution in [0.15, 0.2) is 71.6 Å². The molecule has 35 heavy (non-hydrogen) atoms. The van der Waals surface area contributed by atoms with Gasteiger partial charge in [0.2, 0.25) is 5.91 Å². The molecule has 0 saturated carbocycles. The molecule has 0 unspecified atom stereocenters. The van der Waals surface area contributed by atoms with E-state index < -0.39 is 22.5 Å². The predicted octanol–water partition coefficient (Wildman–Crippen LogP) is 4.40. The van der Waals surface area contributed by atoms with Gasteiger partial charge in [-0.2, -0.15) is 0 Å². The van der Waals surface area contributed by atoms with Crippen molar-refractivity contribution in [1.29, 1.82) is 0 Å². The molecule has 8 nitrogen and oxygen atoms in total. The Bertz CT molecular complexity index is 1270. The molecule has 3 aromatic rings. The average molecular weight is 539 g/mol. The second kappa shape index (κ2) is 12.0. The van der Waals surface area contributed by atoms with E-state index >= 15 is 0 Å². The SMILES string of the molecule is COc1ccc(S(=O)(=O)N(CC(=O)NCCOc2ccccc2Cl)c2ccc(Cl)cc2)cc1OC. The van der Waals surface area contributed by atoms with E-state index in [1.807, 2.05) is 0 Å². The monoisotopic (exact) mass is 538 g/mol. The molecule has 0 spiro atoms. The average Bonchev–Trinajstić information content (AvgIpc) is 2.86. The van der Waals surface area contributed by atoms with Crippen molar-refractivity contribution < 1.29 is 27.4 Å². The number of hydrogen-bond acceptors (Lipinski definition) is 6. The summed E-state index contributed by atoms with van der Waals surface area (Å²) in [6.45, 7) is -0.168. The maximum Gasteiger partial charge on any atom is 0.264 e. The molecule has 1 N–H and O–H groups in total. The van der Waals surface area contributed by atoms with Crippen LogP contribution in [0.25, 0.3) is 0 Å². The first-order valence-electron chi connectivity index (χ1n) is 10.4. The quantitative estimate of drug-likeness (QED) is 0.363. The minimum absolute atomic E-state index is 0.0695. The molecule has 3 rings (SSSR count). The molecule has 0 fully saturated rings. The summed E-state index contributed by atoms with van der Waals surface area (Å²) in [6, 6.07) is 17.3. The fourth-order valence-electron chi connectivity index (χ4n) is 3.13. The summed E-state index contributed by atoms with van der Waals surface area (Å²) in [5.41, 5.74) is 0.270. The van der Waals surface area contributed by atoms with Gasteiger partial charge < -0.3 is 19.5 Å². The minimum atomic E-state index is -4.15. The van der Waals surface area contributed by atoms with E-state index in [0.29, 0.717) is 21.5 Å². The third kappa shape index (κ3) is 6.72. The van der Waals surface area contributed by atoms with Crippen LogP contribution in [-0.2, 0) is 14.8 Å². The van der Waals surface area contributed by atoms with Crippen LogP contribution in [-0.4, -0.2) is 48.2 Å². The van der Waals surface area contributed by atoms with E-state index in [9.17, 15) is 13.2 Å². The first-order valence-corrected chi connectivity index (χ1v) is 12.6. The highest BCUT2D eigenvalue weighted by Crippen LogP contribution is 2.32. The molecule has 11 heteroatoms. The molecule has 186 valence electrons. The molecule has 1 amide bonds. The number of nitrogens with zero attached hydrogens (tertiary/aromatic N) is 1. The molecule has 0 radical (unpaired) electrons. The highest BCUT2D eigenvalue weighted by atomic mass is 35.5. The molecule has 3 aromatic carbocycles. The summed E-state index contributed by atoms with van der Waals surface area (Å²) in [5, 5.41) is 3.55. The maximum absolute atomic E-state index is 13.6. The predicted molar refractivity (Wildman–Crippen MR) is 135 cm³/mol. The molecule has 0 heterocycles. The number of hydrogen-bond donors (Lipinski definition) is 1. The second-order valence-electron chi connectivity index (χ2n) is 7.13. The zero-order valence-corrected chi connectivity index (χ0v) is 21.4. The molecule has 0 aliphatic rings. The Hall–Kier alpha value is -3.14. The van der Waals surface area contributed by atoms with Crippen molar-refractivity contribution in [2.75, 3.05) is 38.2 Å². The van der Waals surface area contributed by atoms with E-state index in [1.165, 1.54) is 44.6 Å². The van der Waals surface area contributed by atoms with Crippen molar-refractivity contribution in [2.24, 2.45) is 0 Å². The van der Waals surface area contributed by atoms with Gasteiger partial charge in [-0.3, -0.25) is 9.10 Å². The molecule has 0 aliphatic heterocycles. The fourth-order valence-corrected chi connectivity index (χ4v) is 4.88. The lowest BCUT2D eigenvalue weighted by Gasteiger charge is -2.24. The van der Waals surface area contributed by atoms with Gasteiger partial charge in [-0.25, -0.2) is 8.42 Å². The van der Waals surface area contributed by atoms with Gasteiger partial charge in [-0.15, -0.1) is 0 Å². The van der Waals surface area contributed by atoms with Crippen molar-refractivity contribution in [2.45, 2.75) is 4.90 Å². The zero-order valence-electron chi connectivity index (χ0n) is 19.0. The second-order valence-corrected chi connectivity index (χ2v) is 9.84. The van der Waals surface area contributed by atoms with Crippen LogP contribution in [0.5, 0.6) is 17.2 Å². The first-order chi connectivity index (χ1) is 16.8. The Morgan fingerprint density at radius 2 is 1.60 bits per heavy atom. The number of ether oxygens (including phenoxy) is 3. The number of carbonyl (C=O) groups excluding carboxylic acids is 1. The Balaban J connectivity index is 1.78. The lowest BCUT2D eigenvalue weighted by molar-refractivity contribution is -0.119. The normalized spacial score (nSPS) is 11.0. The fraction of sp³-hybridized carbons (Fsp3) is 0.208. The van der Waals surface area contributed by atoms with Gasteiger partial charge in [-0.1, -0.05) is 35.3 Å². The van der Waals surface area contributed by atoms with Crippen molar-refractivity contribution in [3.63, 3.8) is 0 Å². The standard InChI is InChI=1S/C24H24Cl2N2O6S/c1-32-22-12-11-19(15-23(22)33-2)35(30,31)28(18-9-7-17(25)8-10-18)16-24(29)27-13-14-34-21-6-4-3-5-20(21)26/h3-12,15H,13-14,16H2,1-2H3,(H,27,29). The van der Waals surface area contributed by atoms with E-state index in [0.717, 1.165) is 4.31 Å². The molecule has 0 bridgehead atoms. The van der Waals surface area contributed by atoms with Crippen LogP contribution in [0, 0.1) is 0 Å². The topological polar surface area (TPSA) is 94.2 Å². The summed E-state index contributed by atoms with van der Waals surface area (Å²) in [5.74, 6) is 0.584. The van der Waals surface area contributed by atoms with Gasteiger partial charge in [0.05, 0.1) is 36.4 Å². The summed E-state index contributed by atoms with van der Waals surface area (Å²) in [6.07, 6.45) is 0. The molecule has 0 atom stereocenters. The highest BCUT2D eigenvalue weighted by Gasteiger charge is 2.28. The summed E-state index contributed by atoms with van der Waals surface area (Å²) in [7, 11) is -1.30. The summed E-state index contributed by atoms with van der Waals surface area (Å²) in [4.78, 5) is 12.6. The number of para-hydroxylation sites is 1. The number of rotatable bonds is 11. The Labute approximate surface area is 214 Å². The number of sulfonamides is 1. The number of nitrogens with one attached hydrogen (secondary N) is 1. The van der Waals surface area contributed by atoms with Crippen molar-refractivity contribution in [3.05, 3.63) is 76.8 Å².